The van der Waals surface area contributed by atoms with E-state index in [1.807, 2.05) is 18.5 Å². The molecule has 396 valence electrons. The SMILES string of the molecule is Oc1ccc(C=Cc2c(CCc3ccc(C4CC5(CC6C=CC(c7ccccc7)C(C5)N6)C5CC6CCC7CCc8[nH]cnc8C8(C5N4)C4C(O)C=CC5CCCC54CCC768)cc3)c(O)c(O)c3c(O)cccc23)cc1O. The molecule has 10 nitrogen and oxygen atoms in total. The molecule has 15 atom stereocenters. The van der Waals surface area contributed by atoms with Crippen LogP contribution in [0.1, 0.15) is 134 Å². The number of aliphatic hydroxyl groups excluding tert-OH is 1. The van der Waals surface area contributed by atoms with Crippen LogP contribution in [0.5, 0.6) is 28.7 Å². The lowest BCUT2D eigenvalue weighted by Crippen LogP contribution is -2.79. The first-order valence-corrected chi connectivity index (χ1v) is 29.1. The number of allylic oxidation sites excluding steroid dienone is 1. The van der Waals surface area contributed by atoms with Crippen molar-refractivity contribution >= 4 is 22.9 Å². The number of fused-ring (bicyclic) bond motifs is 6. The molecule has 2 bridgehead atoms. The average molecular weight is 1030 g/mol. The summed E-state index contributed by atoms with van der Waals surface area (Å²) in [7, 11) is 0. The molecule has 0 amide bonds. The van der Waals surface area contributed by atoms with Gasteiger partial charge in [0.25, 0.3) is 0 Å². The Morgan fingerprint density at radius 3 is 2.40 bits per heavy atom. The van der Waals surface area contributed by atoms with Crippen molar-refractivity contribution in [2.75, 3.05) is 0 Å². The lowest BCUT2D eigenvalue weighted by atomic mass is 9.30. The predicted molar refractivity (Wildman–Crippen MR) is 299 cm³/mol. The maximum absolute atomic E-state index is 13.2. The average Bonchev–Trinajstić information content (AvgIpc) is 4.36. The van der Waals surface area contributed by atoms with Crippen molar-refractivity contribution in [2.45, 2.75) is 138 Å². The number of rotatable bonds is 7. The van der Waals surface area contributed by atoms with Gasteiger partial charge in [-0.05, 0) is 181 Å². The second-order valence-electron chi connectivity index (χ2n) is 25.6. The fourth-order valence-corrected chi connectivity index (χ4v) is 20.1. The van der Waals surface area contributed by atoms with Gasteiger partial charge in [0, 0.05) is 52.7 Å². The van der Waals surface area contributed by atoms with Crippen LogP contribution in [-0.2, 0) is 24.7 Å². The number of benzene rings is 5. The summed E-state index contributed by atoms with van der Waals surface area (Å²) in [6.45, 7) is 0. The molecule has 15 rings (SSSR count). The van der Waals surface area contributed by atoms with Crippen LogP contribution in [0.4, 0.5) is 0 Å². The Balaban J connectivity index is 0.841. The van der Waals surface area contributed by atoms with Crippen LogP contribution in [0, 0.1) is 45.8 Å². The standard InChI is InChI=1S/C67H72N4O6/c72-54-27-15-39(32-57(54)75)14-23-47-48-9-4-10-55(73)58(48)60(77)59(76)49(47)24-13-38-11-16-41(17-12-38)52-35-64(34-45-22-25-46(53(36-64)70-45)40-6-2-1-3-7-40)50-33-44-19-18-43-20-26-51-63(69-37-68-51)67(62(50)71-52)61-56(74)28-21-42-8-5-29-65(42,61)30-31-66(43,44)67/h1-4,6-7,9-12,14-17,21-23,25,27-28,32,37,42-46,50,52-53,56,61-62,70-77H,5,8,13,18-20,24,26,29-31,33-36H2,(H,68,69). The van der Waals surface area contributed by atoms with Gasteiger partial charge in [-0.15, -0.1) is 0 Å². The fraction of sp³-hybridized carbons (Fsp3) is 0.448. The number of nitrogens with zero attached hydrogens (tertiary/aromatic N) is 1. The smallest absolute Gasteiger partial charge is 0.169 e. The monoisotopic (exact) mass is 1030 g/mol. The second kappa shape index (κ2) is 17.6. The number of phenols is 5. The number of phenolic OH excluding ortho intramolecular Hbond substituents is 5. The number of nitrogens with one attached hydrogen (secondary N) is 3. The molecule has 9 aliphatic rings. The van der Waals surface area contributed by atoms with E-state index in [9.17, 15) is 30.6 Å². The zero-order chi connectivity index (χ0) is 52.0. The Morgan fingerprint density at radius 2 is 1.55 bits per heavy atom. The molecule has 15 unspecified atom stereocenters. The third-order valence-corrected chi connectivity index (χ3v) is 22.8. The van der Waals surface area contributed by atoms with Crippen molar-refractivity contribution in [1.29, 1.82) is 0 Å². The van der Waals surface area contributed by atoms with Crippen LogP contribution in [0.15, 0.2) is 122 Å². The molecule has 2 saturated heterocycles. The first-order chi connectivity index (χ1) is 37.5. The molecule has 9 N–H and O–H groups in total. The van der Waals surface area contributed by atoms with Gasteiger partial charge in [0.1, 0.15) is 5.75 Å². The van der Waals surface area contributed by atoms with Gasteiger partial charge in [-0.2, -0.15) is 0 Å². The predicted octanol–water partition coefficient (Wildman–Crippen LogP) is 12.0. The van der Waals surface area contributed by atoms with E-state index in [1.165, 1.54) is 98.5 Å². The van der Waals surface area contributed by atoms with E-state index < -0.39 is 6.10 Å². The molecule has 4 heterocycles. The summed E-state index contributed by atoms with van der Waals surface area (Å²) in [5, 5.41) is 77.2. The summed E-state index contributed by atoms with van der Waals surface area (Å²) in [5.41, 5.74) is 7.96. The minimum Gasteiger partial charge on any atom is -0.507 e. The molecular formula is C67H72N4O6. The van der Waals surface area contributed by atoms with Gasteiger partial charge >= 0.3 is 0 Å². The number of H-pyrrole nitrogens is 1. The highest BCUT2D eigenvalue weighted by atomic mass is 16.3. The normalized spacial score (nSPS) is 37.2. The largest absolute Gasteiger partial charge is 0.507 e. The van der Waals surface area contributed by atoms with Crippen LogP contribution >= 0.6 is 0 Å². The minimum absolute atomic E-state index is 0.0153. The van der Waals surface area contributed by atoms with Gasteiger partial charge in [-0.1, -0.05) is 116 Å². The summed E-state index contributed by atoms with van der Waals surface area (Å²) in [6, 6.07) is 30.8. The maximum Gasteiger partial charge on any atom is 0.169 e. The van der Waals surface area contributed by atoms with E-state index in [2.05, 4.69) is 89.2 Å². The van der Waals surface area contributed by atoms with Crippen molar-refractivity contribution in [3.05, 3.63) is 166 Å². The lowest BCUT2D eigenvalue weighted by Gasteiger charge is -2.75. The van der Waals surface area contributed by atoms with Gasteiger partial charge in [0.2, 0.25) is 0 Å². The van der Waals surface area contributed by atoms with Crippen LogP contribution < -0.4 is 10.6 Å². The molecule has 10 heteroatoms. The van der Waals surface area contributed by atoms with Crippen LogP contribution in [-0.4, -0.2) is 64.8 Å². The van der Waals surface area contributed by atoms with E-state index in [0.717, 1.165) is 31.2 Å². The molecule has 3 spiro atoms. The highest BCUT2D eigenvalue weighted by Gasteiger charge is 2.80. The summed E-state index contributed by atoms with van der Waals surface area (Å²) in [6.07, 6.45) is 31.1. The highest BCUT2D eigenvalue weighted by Crippen LogP contribution is 2.81. The number of aromatic hydroxyl groups is 5. The number of aliphatic hydroxyl groups is 1. The molecule has 6 aliphatic carbocycles. The Kier molecular flexibility index (Phi) is 10.9. The van der Waals surface area contributed by atoms with E-state index in [4.69, 9.17) is 10.3 Å². The third-order valence-electron chi connectivity index (χ3n) is 22.8. The van der Waals surface area contributed by atoms with Crippen molar-refractivity contribution in [3.8, 4) is 28.7 Å². The van der Waals surface area contributed by atoms with Crippen molar-refractivity contribution in [2.24, 2.45) is 45.8 Å². The second-order valence-corrected chi connectivity index (χ2v) is 25.6. The Morgan fingerprint density at radius 1 is 0.688 bits per heavy atom. The fourth-order valence-electron chi connectivity index (χ4n) is 20.1. The van der Waals surface area contributed by atoms with Gasteiger partial charge in [0.05, 0.1) is 23.5 Å². The van der Waals surface area contributed by atoms with Crippen molar-refractivity contribution in [1.82, 2.24) is 20.6 Å². The molecule has 6 fully saturated rings. The molecule has 4 saturated carbocycles. The molecule has 1 aromatic heterocycles. The van der Waals surface area contributed by atoms with Gasteiger partial charge in [0.15, 0.2) is 23.0 Å². The third kappa shape index (κ3) is 6.80. The van der Waals surface area contributed by atoms with Gasteiger partial charge < -0.3 is 46.3 Å². The van der Waals surface area contributed by atoms with Crippen LogP contribution in [0.2, 0.25) is 0 Å². The number of piperidine rings is 2. The zero-order valence-electron chi connectivity index (χ0n) is 43.8. The van der Waals surface area contributed by atoms with E-state index >= 15 is 0 Å². The Hall–Kier alpha value is -6.33. The summed E-state index contributed by atoms with van der Waals surface area (Å²) in [4.78, 5) is 9.44. The minimum atomic E-state index is -0.535. The number of hydrogen-bond acceptors (Lipinski definition) is 9. The van der Waals surface area contributed by atoms with E-state index in [1.54, 1.807) is 18.2 Å². The molecular weight excluding hydrogens is 957 g/mol. The van der Waals surface area contributed by atoms with Crippen LogP contribution in [0.3, 0.4) is 0 Å². The first kappa shape index (κ1) is 47.8. The number of hydrogen-bond donors (Lipinski definition) is 9. The summed E-state index contributed by atoms with van der Waals surface area (Å²) < 4.78 is 0. The van der Waals surface area contributed by atoms with Gasteiger partial charge in [-0.3, -0.25) is 0 Å². The molecule has 0 radical (unpaired) electrons. The number of aryl methyl sites for hydroxylation is 2. The number of aromatic amines is 1. The van der Waals surface area contributed by atoms with Crippen molar-refractivity contribution < 1.29 is 30.6 Å². The van der Waals surface area contributed by atoms with Crippen molar-refractivity contribution in [3.63, 3.8) is 0 Å². The summed E-state index contributed by atoms with van der Waals surface area (Å²) in [5.74, 6) is 1.21. The molecule has 5 aromatic carbocycles. The quantitative estimate of drug-likeness (QED) is 0.0428. The lowest BCUT2D eigenvalue weighted by molar-refractivity contribution is -0.229. The molecule has 6 aromatic rings. The van der Waals surface area contributed by atoms with Crippen LogP contribution in [0.25, 0.3) is 22.9 Å². The van der Waals surface area contributed by atoms with E-state index in [0.29, 0.717) is 64.6 Å². The van der Waals surface area contributed by atoms with E-state index in [-0.39, 0.29) is 85.8 Å². The number of imidazole rings is 1. The Labute approximate surface area is 451 Å². The summed E-state index contributed by atoms with van der Waals surface area (Å²) >= 11 is 0. The topological polar surface area (TPSA) is 174 Å². The highest BCUT2D eigenvalue weighted by molar-refractivity contribution is 6.03. The molecule has 3 aliphatic heterocycles. The first-order valence-electron chi connectivity index (χ1n) is 29.1. The Bertz CT molecular complexity index is 3400. The maximum atomic E-state index is 13.2. The molecule has 77 heavy (non-hydrogen) atoms. The van der Waals surface area contributed by atoms with Gasteiger partial charge in [-0.25, -0.2) is 4.98 Å². The zero-order valence-corrected chi connectivity index (χ0v) is 43.8. The number of aromatic nitrogens is 2.